The van der Waals surface area contributed by atoms with Crippen LogP contribution in [0.2, 0.25) is 0 Å². The Kier molecular flexibility index (Phi) is 6.14. The third-order valence-corrected chi connectivity index (χ3v) is 3.62. The molecule has 1 N–H and O–H groups in total. The predicted molar refractivity (Wildman–Crippen MR) is 88.0 cm³/mol. The third-order valence-electron chi connectivity index (χ3n) is 3.62. The molecule has 0 saturated heterocycles. The molecule has 0 heterocycles. The summed E-state index contributed by atoms with van der Waals surface area (Å²) >= 11 is 0. The smallest absolute Gasteiger partial charge is 0.330 e. The van der Waals surface area contributed by atoms with Crippen LogP contribution in [0.3, 0.4) is 0 Å². The van der Waals surface area contributed by atoms with Crippen molar-refractivity contribution in [1.29, 1.82) is 0 Å². The number of benzene rings is 2. The fourth-order valence-electron chi connectivity index (χ4n) is 2.39. The summed E-state index contributed by atoms with van der Waals surface area (Å²) < 4.78 is 65.4. The highest BCUT2D eigenvalue weighted by Crippen LogP contribution is 2.34. The van der Waals surface area contributed by atoms with Crippen LogP contribution in [-0.4, -0.2) is 29.8 Å². The van der Waals surface area contributed by atoms with Crippen LogP contribution in [0, 0.1) is 11.6 Å². The van der Waals surface area contributed by atoms with Gasteiger partial charge in [0.25, 0.3) is 5.91 Å². The topological polar surface area (TPSA) is 49.4 Å². The molecular weight excluding hydrogens is 371 g/mol. The number of likely N-dealkylation sites (N-methyl/N-ethyl adjacent to an activating group) is 1. The number of alkyl halides is 3. The van der Waals surface area contributed by atoms with Gasteiger partial charge in [-0.25, -0.2) is 8.78 Å². The molecule has 0 radical (unpaired) electrons. The van der Waals surface area contributed by atoms with Crippen molar-refractivity contribution in [3.05, 3.63) is 65.2 Å². The Morgan fingerprint density at radius 3 is 2.19 bits per heavy atom. The first-order chi connectivity index (χ1) is 12.6. The Morgan fingerprint density at radius 2 is 1.63 bits per heavy atom. The molecule has 0 bridgehead atoms. The van der Waals surface area contributed by atoms with Gasteiger partial charge in [0.15, 0.2) is 0 Å². The van der Waals surface area contributed by atoms with E-state index in [2.05, 4.69) is 5.32 Å². The first-order valence-corrected chi connectivity index (χ1v) is 7.83. The van der Waals surface area contributed by atoms with Gasteiger partial charge in [0.05, 0.1) is 11.3 Å². The number of nitrogens with zero attached hydrogens (tertiary/aromatic N) is 1. The molecule has 0 aliphatic heterocycles. The lowest BCUT2D eigenvalue weighted by Crippen LogP contribution is -2.38. The Balaban J connectivity index is 2.15. The lowest BCUT2D eigenvalue weighted by Gasteiger charge is -2.21. The normalized spacial score (nSPS) is 11.2. The molecule has 2 aromatic carbocycles. The van der Waals surface area contributed by atoms with Crippen LogP contribution in [0.15, 0.2) is 42.5 Å². The van der Waals surface area contributed by atoms with Crippen molar-refractivity contribution >= 4 is 17.5 Å². The number of nitrogens with one attached hydrogen (secondary N) is 1. The standard InChI is InChI=1S/C18H15F5N2O2/c1-2-25(17(27)11-7-12(19)9-13(20)8-11)10-16(26)24-15-6-4-3-5-14(15)18(21,22)23/h3-9H,2,10H2,1H3,(H,24,26). The number of halogens is 5. The van der Waals surface area contributed by atoms with Crippen LogP contribution in [0.25, 0.3) is 0 Å². The predicted octanol–water partition coefficient (Wildman–Crippen LogP) is 4.08. The molecule has 0 fully saturated rings. The van der Waals surface area contributed by atoms with Crippen LogP contribution in [0.5, 0.6) is 0 Å². The molecule has 2 rings (SSSR count). The van der Waals surface area contributed by atoms with Gasteiger partial charge in [0.2, 0.25) is 5.91 Å². The van der Waals surface area contributed by atoms with E-state index in [-0.39, 0.29) is 12.1 Å². The molecule has 2 amide bonds. The van der Waals surface area contributed by atoms with Crippen molar-refractivity contribution in [2.24, 2.45) is 0 Å². The fraction of sp³-hybridized carbons (Fsp3) is 0.222. The first kappa shape index (κ1) is 20.3. The summed E-state index contributed by atoms with van der Waals surface area (Å²) in [6.07, 6.45) is -4.66. The number of hydrogen-bond donors (Lipinski definition) is 1. The summed E-state index contributed by atoms with van der Waals surface area (Å²) in [5, 5.41) is 2.11. The van der Waals surface area contributed by atoms with E-state index in [4.69, 9.17) is 0 Å². The molecule has 2 aromatic rings. The highest BCUT2D eigenvalue weighted by molar-refractivity contribution is 5.99. The quantitative estimate of drug-likeness (QED) is 0.788. The number of amides is 2. The molecule has 144 valence electrons. The zero-order chi connectivity index (χ0) is 20.2. The van der Waals surface area contributed by atoms with Crippen molar-refractivity contribution < 1.29 is 31.5 Å². The minimum Gasteiger partial charge on any atom is -0.330 e. The number of rotatable bonds is 5. The maximum absolute atomic E-state index is 13.3. The van der Waals surface area contributed by atoms with Crippen LogP contribution >= 0.6 is 0 Å². The summed E-state index contributed by atoms with van der Waals surface area (Å²) in [6, 6.07) is 6.61. The first-order valence-electron chi connectivity index (χ1n) is 7.83. The second-order valence-corrected chi connectivity index (χ2v) is 5.57. The molecule has 0 spiro atoms. The van der Waals surface area contributed by atoms with E-state index in [0.29, 0.717) is 6.07 Å². The van der Waals surface area contributed by atoms with Crippen LogP contribution in [-0.2, 0) is 11.0 Å². The second-order valence-electron chi connectivity index (χ2n) is 5.57. The van der Waals surface area contributed by atoms with Crippen molar-refractivity contribution in [2.75, 3.05) is 18.4 Å². The highest BCUT2D eigenvalue weighted by atomic mass is 19.4. The van der Waals surface area contributed by atoms with Crippen molar-refractivity contribution in [3.8, 4) is 0 Å². The molecule has 0 aliphatic carbocycles. The van der Waals surface area contributed by atoms with Gasteiger partial charge in [0, 0.05) is 18.2 Å². The molecule has 0 saturated carbocycles. The van der Waals surface area contributed by atoms with Crippen molar-refractivity contribution in [2.45, 2.75) is 13.1 Å². The maximum Gasteiger partial charge on any atom is 0.418 e. The van der Waals surface area contributed by atoms with Gasteiger partial charge in [0.1, 0.15) is 18.2 Å². The lowest BCUT2D eigenvalue weighted by molar-refractivity contribution is -0.137. The minimum atomic E-state index is -4.66. The molecule has 4 nitrogen and oxygen atoms in total. The second kappa shape index (κ2) is 8.15. The lowest BCUT2D eigenvalue weighted by atomic mass is 10.1. The van der Waals surface area contributed by atoms with Crippen molar-refractivity contribution in [3.63, 3.8) is 0 Å². The van der Waals surface area contributed by atoms with Gasteiger partial charge in [-0.15, -0.1) is 0 Å². The van der Waals surface area contributed by atoms with Gasteiger partial charge in [-0.2, -0.15) is 13.2 Å². The average molecular weight is 386 g/mol. The van der Waals surface area contributed by atoms with E-state index in [1.807, 2.05) is 0 Å². The zero-order valence-corrected chi connectivity index (χ0v) is 14.1. The summed E-state index contributed by atoms with van der Waals surface area (Å²) in [6.45, 7) is 0.940. The van der Waals surface area contributed by atoms with Gasteiger partial charge in [-0.05, 0) is 31.2 Å². The monoisotopic (exact) mass is 386 g/mol. The number of hydrogen-bond acceptors (Lipinski definition) is 2. The van der Waals surface area contributed by atoms with Crippen LogP contribution in [0.1, 0.15) is 22.8 Å². The van der Waals surface area contributed by atoms with E-state index in [9.17, 15) is 31.5 Å². The van der Waals surface area contributed by atoms with E-state index in [1.54, 1.807) is 0 Å². The van der Waals surface area contributed by atoms with E-state index in [1.165, 1.54) is 19.1 Å². The Bertz CT molecular complexity index is 832. The van der Waals surface area contributed by atoms with E-state index >= 15 is 0 Å². The molecular formula is C18H15F5N2O2. The summed E-state index contributed by atoms with van der Waals surface area (Å²) in [7, 11) is 0. The number of anilines is 1. The van der Waals surface area contributed by atoms with Gasteiger partial charge >= 0.3 is 6.18 Å². The van der Waals surface area contributed by atoms with Crippen LogP contribution < -0.4 is 5.32 Å². The maximum atomic E-state index is 13.3. The number of para-hydroxylation sites is 1. The largest absolute Gasteiger partial charge is 0.418 e. The molecule has 0 aliphatic rings. The van der Waals surface area contributed by atoms with E-state index in [0.717, 1.165) is 29.2 Å². The summed E-state index contributed by atoms with van der Waals surface area (Å²) in [4.78, 5) is 25.4. The Labute approximate surface area is 151 Å². The zero-order valence-electron chi connectivity index (χ0n) is 14.1. The highest BCUT2D eigenvalue weighted by Gasteiger charge is 2.33. The fourth-order valence-corrected chi connectivity index (χ4v) is 2.39. The Hall–Kier alpha value is -2.97. The third kappa shape index (κ3) is 5.25. The Morgan fingerprint density at radius 1 is 1.04 bits per heavy atom. The SMILES string of the molecule is CCN(CC(=O)Nc1ccccc1C(F)(F)F)C(=O)c1cc(F)cc(F)c1. The van der Waals surface area contributed by atoms with Gasteiger partial charge < -0.3 is 10.2 Å². The number of carbonyl (C=O) groups excluding carboxylic acids is 2. The molecule has 0 unspecified atom stereocenters. The van der Waals surface area contributed by atoms with E-state index < -0.39 is 47.4 Å². The van der Waals surface area contributed by atoms with Crippen LogP contribution in [0.4, 0.5) is 27.6 Å². The van der Waals surface area contributed by atoms with Gasteiger partial charge in [-0.3, -0.25) is 9.59 Å². The van der Waals surface area contributed by atoms with Gasteiger partial charge in [-0.1, -0.05) is 12.1 Å². The number of carbonyl (C=O) groups is 2. The average Bonchev–Trinajstić information content (AvgIpc) is 2.57. The molecule has 0 aromatic heterocycles. The summed E-state index contributed by atoms with van der Waals surface area (Å²) in [5.74, 6) is -3.62. The molecule has 9 heteroatoms. The molecule has 27 heavy (non-hydrogen) atoms. The molecule has 0 atom stereocenters. The van der Waals surface area contributed by atoms with Crippen molar-refractivity contribution in [1.82, 2.24) is 4.90 Å². The summed E-state index contributed by atoms with van der Waals surface area (Å²) in [5.41, 5.74) is -1.78. The minimum absolute atomic E-state index is 0.00526.